The molecule has 1 aliphatic heterocycles. The summed E-state index contributed by atoms with van der Waals surface area (Å²) in [6.07, 6.45) is 1.98. The molecular weight excluding hydrogens is 913 g/mol. The predicted molar refractivity (Wildman–Crippen MR) is 313 cm³/mol. The van der Waals surface area contributed by atoms with Crippen LogP contribution in [0.4, 0.5) is 22.7 Å². The summed E-state index contributed by atoms with van der Waals surface area (Å²) in [7, 11) is 0. The van der Waals surface area contributed by atoms with Crippen LogP contribution in [-0.2, 0) is 16.2 Å². The smallest absolute Gasteiger partial charge is 0.137 e. The zero-order valence-corrected chi connectivity index (χ0v) is 43.8. The number of nitrogens with zero attached hydrogens (tertiary/aromatic N) is 4. The number of benzene rings is 9. The first kappa shape index (κ1) is 46.1. The molecule has 1 aliphatic carbocycles. The van der Waals surface area contributed by atoms with E-state index in [2.05, 4.69) is 281 Å². The normalized spacial score (nSPS) is 13.8. The first-order valence-corrected chi connectivity index (χ1v) is 26.3. The molecule has 11 aromatic rings. The van der Waals surface area contributed by atoms with Gasteiger partial charge in [-0.3, -0.25) is 4.57 Å². The monoisotopic (exact) mass is 972 g/mol. The number of anilines is 4. The molecule has 0 radical (unpaired) electrons. The van der Waals surface area contributed by atoms with Crippen LogP contribution in [0.25, 0.3) is 61.0 Å². The molecule has 0 N–H and O–H groups in total. The largest absolute Gasteiger partial charge is 0.457 e. The minimum atomic E-state index is -0.355. The Bertz CT molecular complexity index is 3900. The van der Waals surface area contributed by atoms with Crippen LogP contribution >= 0.6 is 0 Å². The van der Waals surface area contributed by atoms with E-state index >= 15 is 0 Å². The van der Waals surface area contributed by atoms with E-state index in [4.69, 9.17) is 9.72 Å². The topological polar surface area (TPSA) is 33.5 Å². The average molecular weight is 973 g/mol. The minimum absolute atomic E-state index is 0.0675. The van der Waals surface area contributed by atoms with Gasteiger partial charge in [0.1, 0.15) is 24.0 Å². The Kier molecular flexibility index (Phi) is 10.8. The summed E-state index contributed by atoms with van der Waals surface area (Å²) in [4.78, 5) is 10.1. The van der Waals surface area contributed by atoms with Gasteiger partial charge in [0.05, 0.1) is 28.1 Å². The Hall–Kier alpha value is -8.67. The molecule has 366 valence electrons. The van der Waals surface area contributed by atoms with E-state index in [-0.39, 0.29) is 16.2 Å². The third-order valence-electron chi connectivity index (χ3n) is 15.9. The van der Waals surface area contributed by atoms with Crippen molar-refractivity contribution < 1.29 is 4.74 Å². The number of aromatic nitrogens is 2. The summed E-state index contributed by atoms with van der Waals surface area (Å²) in [6.45, 7) is 16.7. The summed E-state index contributed by atoms with van der Waals surface area (Å²) in [5, 5.41) is 2.31. The van der Waals surface area contributed by atoms with Gasteiger partial charge in [-0.2, -0.15) is 0 Å². The third-order valence-corrected chi connectivity index (χ3v) is 15.9. The quantitative estimate of drug-likeness (QED) is 0.152. The molecule has 0 bridgehead atoms. The van der Waals surface area contributed by atoms with Crippen molar-refractivity contribution in [3.63, 3.8) is 0 Å². The SMILES string of the molecule is CC(C)(C)c1cc(Oc2ccc3c4ccccc4n(-c4cc(C5(C)c6ccccc6-c6ccccc65)ccn4)c3c2)cc(N2CN(c3c(-c4ccccc4)cc(C(C)(C)C)cc3-c3ccccc3)c3ccccc32)c1. The van der Waals surface area contributed by atoms with Crippen molar-refractivity contribution in [2.45, 2.75) is 64.7 Å². The first-order chi connectivity index (χ1) is 36.3. The Labute approximate surface area is 441 Å². The Morgan fingerprint density at radius 2 is 1.00 bits per heavy atom. The highest BCUT2D eigenvalue weighted by atomic mass is 16.5. The molecule has 75 heavy (non-hydrogen) atoms. The van der Waals surface area contributed by atoms with Crippen LogP contribution in [0, 0.1) is 0 Å². The van der Waals surface area contributed by atoms with Gasteiger partial charge in [0.25, 0.3) is 0 Å². The van der Waals surface area contributed by atoms with Gasteiger partial charge in [-0.05, 0) is 135 Å². The molecule has 3 heterocycles. The maximum atomic E-state index is 7.13. The molecule has 0 fully saturated rings. The summed E-state index contributed by atoms with van der Waals surface area (Å²) in [5.41, 5.74) is 19.8. The van der Waals surface area contributed by atoms with Crippen LogP contribution in [0.15, 0.2) is 225 Å². The van der Waals surface area contributed by atoms with Gasteiger partial charge in [0.15, 0.2) is 0 Å². The van der Waals surface area contributed by atoms with Crippen LogP contribution in [0.2, 0.25) is 0 Å². The van der Waals surface area contributed by atoms with E-state index in [1.54, 1.807) is 0 Å². The van der Waals surface area contributed by atoms with Gasteiger partial charge in [0.2, 0.25) is 0 Å². The second-order valence-electron chi connectivity index (χ2n) is 22.6. The molecule has 0 unspecified atom stereocenters. The second-order valence-corrected chi connectivity index (χ2v) is 22.6. The van der Waals surface area contributed by atoms with Crippen LogP contribution in [0.5, 0.6) is 11.5 Å². The molecule has 0 atom stereocenters. The minimum Gasteiger partial charge on any atom is -0.457 e. The third kappa shape index (κ3) is 7.71. The van der Waals surface area contributed by atoms with Gasteiger partial charge in [-0.15, -0.1) is 0 Å². The van der Waals surface area contributed by atoms with Gasteiger partial charge >= 0.3 is 0 Å². The maximum Gasteiger partial charge on any atom is 0.137 e. The molecule has 9 aromatic carbocycles. The second kappa shape index (κ2) is 17.5. The predicted octanol–water partition coefficient (Wildman–Crippen LogP) is 18.5. The molecule has 2 aromatic heterocycles. The number of para-hydroxylation sites is 3. The summed E-state index contributed by atoms with van der Waals surface area (Å²) < 4.78 is 9.44. The molecule has 0 amide bonds. The average Bonchev–Trinajstić information content (AvgIpc) is 4.19. The highest BCUT2D eigenvalue weighted by Crippen LogP contribution is 2.54. The molecular formula is C70H60N4O. The van der Waals surface area contributed by atoms with Crippen molar-refractivity contribution >= 4 is 44.6 Å². The number of rotatable bonds is 8. The lowest BCUT2D eigenvalue weighted by molar-refractivity contribution is 0.479. The number of hydrogen-bond acceptors (Lipinski definition) is 4. The van der Waals surface area contributed by atoms with Crippen molar-refractivity contribution in [1.82, 2.24) is 9.55 Å². The van der Waals surface area contributed by atoms with Crippen LogP contribution < -0.4 is 14.5 Å². The molecule has 13 rings (SSSR count). The highest BCUT2D eigenvalue weighted by molar-refractivity contribution is 6.09. The van der Waals surface area contributed by atoms with E-state index in [0.29, 0.717) is 6.67 Å². The summed E-state index contributed by atoms with van der Waals surface area (Å²) in [6, 6.07) is 79.6. The Morgan fingerprint density at radius 3 is 1.64 bits per heavy atom. The van der Waals surface area contributed by atoms with Crippen LogP contribution in [0.1, 0.15) is 76.3 Å². The van der Waals surface area contributed by atoms with E-state index in [0.717, 1.165) is 50.8 Å². The van der Waals surface area contributed by atoms with Crippen molar-refractivity contribution in [3.8, 4) is 50.7 Å². The van der Waals surface area contributed by atoms with Crippen molar-refractivity contribution in [3.05, 3.63) is 252 Å². The van der Waals surface area contributed by atoms with Crippen molar-refractivity contribution in [2.75, 3.05) is 16.5 Å². The first-order valence-electron chi connectivity index (χ1n) is 26.3. The zero-order chi connectivity index (χ0) is 51.2. The fraction of sp³-hybridized carbons (Fsp3) is 0.157. The summed E-state index contributed by atoms with van der Waals surface area (Å²) in [5.74, 6) is 2.41. The van der Waals surface area contributed by atoms with Gasteiger partial charge in [0, 0.05) is 51.3 Å². The number of hydrogen-bond donors (Lipinski definition) is 0. The highest BCUT2D eigenvalue weighted by Gasteiger charge is 2.41. The molecule has 0 saturated carbocycles. The summed E-state index contributed by atoms with van der Waals surface area (Å²) >= 11 is 0. The van der Waals surface area contributed by atoms with Gasteiger partial charge < -0.3 is 14.5 Å². The fourth-order valence-corrected chi connectivity index (χ4v) is 11.9. The van der Waals surface area contributed by atoms with Gasteiger partial charge in [-0.25, -0.2) is 4.98 Å². The van der Waals surface area contributed by atoms with E-state index in [1.165, 1.54) is 72.3 Å². The van der Waals surface area contributed by atoms with Crippen molar-refractivity contribution in [1.29, 1.82) is 0 Å². The standard InChI is InChI=1S/C70H60N4O/c1-68(2,3)49-38-51(72-45-73(64-33-21-20-32-63(64)72)67-58(46-22-10-8-11-23-46)40-50(69(4,5)6)41-59(67)47-24-12-9-13-25-47)43-53(39-49)75-52-34-35-57-56-28-16-19-31-62(56)74(65(57)44-52)66-42-48(36-37-71-66)70(7)60-29-17-14-26-54(60)55-27-15-18-30-61(55)70/h8-44H,45H2,1-7H3. The van der Waals surface area contributed by atoms with E-state index in [9.17, 15) is 0 Å². The lowest BCUT2D eigenvalue weighted by Gasteiger charge is -2.30. The number of ether oxygens (including phenoxy) is 1. The van der Waals surface area contributed by atoms with E-state index < -0.39 is 0 Å². The van der Waals surface area contributed by atoms with Gasteiger partial charge in [-0.1, -0.05) is 181 Å². The lowest BCUT2D eigenvalue weighted by atomic mass is 9.74. The molecule has 5 heteroatoms. The zero-order valence-electron chi connectivity index (χ0n) is 43.8. The lowest BCUT2D eigenvalue weighted by Crippen LogP contribution is -2.26. The Morgan fingerprint density at radius 1 is 0.453 bits per heavy atom. The van der Waals surface area contributed by atoms with Crippen molar-refractivity contribution in [2.24, 2.45) is 0 Å². The maximum absolute atomic E-state index is 7.13. The molecule has 0 saturated heterocycles. The fourth-order valence-electron chi connectivity index (χ4n) is 11.9. The van der Waals surface area contributed by atoms with E-state index in [1.807, 2.05) is 6.20 Å². The van der Waals surface area contributed by atoms with Crippen LogP contribution in [-0.4, -0.2) is 16.2 Å². The molecule has 0 spiro atoms. The molecule has 2 aliphatic rings. The Balaban J connectivity index is 0.921. The molecule has 5 nitrogen and oxygen atoms in total. The number of pyridine rings is 1. The van der Waals surface area contributed by atoms with Crippen LogP contribution in [0.3, 0.4) is 0 Å². The number of fused-ring (bicyclic) bond motifs is 7.